The molecule has 0 radical (unpaired) electrons. The number of nitrogens with zero attached hydrogens (tertiary/aromatic N) is 4. The second kappa shape index (κ2) is 9.52. The van der Waals surface area contributed by atoms with Crippen LogP contribution in [-0.4, -0.2) is 38.0 Å². The van der Waals surface area contributed by atoms with Gasteiger partial charge in [0.1, 0.15) is 10.7 Å². The molecule has 4 aromatic rings. The Morgan fingerprint density at radius 1 is 0.882 bits per heavy atom. The molecule has 0 saturated carbocycles. The van der Waals surface area contributed by atoms with E-state index in [1.54, 1.807) is 18.5 Å². The summed E-state index contributed by atoms with van der Waals surface area (Å²) in [6.07, 6.45) is 0. The van der Waals surface area contributed by atoms with Crippen molar-refractivity contribution in [1.29, 1.82) is 0 Å². The number of nitrogens with one attached hydrogen (secondary N) is 1. The number of carbonyl (C=O) groups is 2. The van der Waals surface area contributed by atoms with E-state index in [1.165, 1.54) is 4.68 Å². The molecule has 0 bridgehead atoms. The lowest BCUT2D eigenvalue weighted by molar-refractivity contribution is -0.119. The van der Waals surface area contributed by atoms with Crippen molar-refractivity contribution in [2.75, 3.05) is 11.9 Å². The Labute approximate surface area is 202 Å². The molecule has 9 heteroatoms. The van der Waals surface area contributed by atoms with Crippen LogP contribution in [0.15, 0.2) is 54.6 Å². The van der Waals surface area contributed by atoms with Crippen molar-refractivity contribution in [1.82, 2.24) is 19.6 Å². The second-order valence-corrected chi connectivity index (χ2v) is 8.27. The number of hydrogen-bond donors (Lipinski definition) is 1. The maximum atomic E-state index is 12.7. The molecule has 0 unspecified atom stereocenters. The van der Waals surface area contributed by atoms with Crippen LogP contribution in [0, 0.1) is 27.7 Å². The highest BCUT2D eigenvalue weighted by atomic mass is 35.5. The van der Waals surface area contributed by atoms with E-state index in [9.17, 15) is 9.59 Å². The van der Waals surface area contributed by atoms with Gasteiger partial charge in [-0.1, -0.05) is 47.5 Å². The van der Waals surface area contributed by atoms with E-state index in [4.69, 9.17) is 16.3 Å². The minimum absolute atomic E-state index is 0.123. The third kappa shape index (κ3) is 4.58. The Morgan fingerprint density at radius 2 is 1.50 bits per heavy atom. The third-order valence-electron chi connectivity index (χ3n) is 5.38. The van der Waals surface area contributed by atoms with Crippen molar-refractivity contribution in [2.24, 2.45) is 0 Å². The largest absolute Gasteiger partial charge is 0.452 e. The van der Waals surface area contributed by atoms with E-state index in [1.807, 2.05) is 68.4 Å². The Hall–Kier alpha value is -3.91. The predicted octanol–water partition coefficient (Wildman–Crippen LogP) is 4.74. The van der Waals surface area contributed by atoms with Crippen molar-refractivity contribution in [3.05, 3.63) is 88.0 Å². The molecule has 4 rings (SSSR count). The second-order valence-electron chi connectivity index (χ2n) is 7.92. The summed E-state index contributed by atoms with van der Waals surface area (Å²) in [5.74, 6) is -1.20. The first kappa shape index (κ1) is 23.3. The monoisotopic (exact) mass is 477 g/mol. The first-order valence-electron chi connectivity index (χ1n) is 10.7. The maximum absolute atomic E-state index is 12.7. The summed E-state index contributed by atoms with van der Waals surface area (Å²) in [4.78, 5) is 25.2. The molecular weight excluding hydrogens is 454 g/mol. The van der Waals surface area contributed by atoms with Crippen LogP contribution in [0.5, 0.6) is 0 Å². The van der Waals surface area contributed by atoms with E-state index < -0.39 is 18.5 Å². The van der Waals surface area contributed by atoms with E-state index in [0.29, 0.717) is 22.8 Å². The van der Waals surface area contributed by atoms with Gasteiger partial charge in [0, 0.05) is 0 Å². The van der Waals surface area contributed by atoms with E-state index in [2.05, 4.69) is 15.5 Å². The molecule has 34 heavy (non-hydrogen) atoms. The van der Waals surface area contributed by atoms with Crippen molar-refractivity contribution >= 4 is 29.2 Å². The Bertz CT molecular complexity index is 1360. The van der Waals surface area contributed by atoms with Gasteiger partial charge in [-0.25, -0.2) is 14.2 Å². The summed E-state index contributed by atoms with van der Waals surface area (Å²) in [6, 6.07) is 17.1. The summed E-state index contributed by atoms with van der Waals surface area (Å²) >= 11 is 6.40. The lowest BCUT2D eigenvalue weighted by Crippen LogP contribution is -2.22. The Kier molecular flexibility index (Phi) is 6.51. The molecule has 0 saturated heterocycles. The molecule has 0 aliphatic heterocycles. The van der Waals surface area contributed by atoms with Crippen LogP contribution >= 0.6 is 11.6 Å². The number of aryl methyl sites for hydroxylation is 3. The van der Waals surface area contributed by atoms with Gasteiger partial charge in [-0.2, -0.15) is 10.2 Å². The molecule has 0 spiro atoms. The molecule has 8 nitrogen and oxygen atoms in total. The Morgan fingerprint density at radius 3 is 2.18 bits per heavy atom. The maximum Gasteiger partial charge on any atom is 0.343 e. The number of amides is 1. The smallest absolute Gasteiger partial charge is 0.343 e. The van der Waals surface area contributed by atoms with E-state index in [-0.39, 0.29) is 10.7 Å². The quantitative estimate of drug-likeness (QED) is 0.405. The summed E-state index contributed by atoms with van der Waals surface area (Å²) in [6.45, 7) is 6.87. The predicted molar refractivity (Wildman–Crippen MR) is 130 cm³/mol. The number of benzene rings is 2. The summed E-state index contributed by atoms with van der Waals surface area (Å²) < 4.78 is 8.46. The fourth-order valence-corrected chi connectivity index (χ4v) is 3.96. The molecule has 2 aromatic heterocycles. The molecule has 0 aliphatic rings. The third-order valence-corrected chi connectivity index (χ3v) is 5.73. The molecular formula is C25H24ClN5O3. The van der Waals surface area contributed by atoms with Crippen molar-refractivity contribution in [3.8, 4) is 11.4 Å². The topological polar surface area (TPSA) is 91.0 Å². The zero-order valence-corrected chi connectivity index (χ0v) is 20.1. The van der Waals surface area contributed by atoms with Gasteiger partial charge < -0.3 is 10.1 Å². The number of hydrogen-bond acceptors (Lipinski definition) is 5. The van der Waals surface area contributed by atoms with Gasteiger partial charge in [0.05, 0.1) is 34.1 Å². The average Bonchev–Trinajstić information content (AvgIpc) is 3.28. The highest BCUT2D eigenvalue weighted by molar-refractivity contribution is 6.33. The van der Waals surface area contributed by atoms with Crippen LogP contribution < -0.4 is 5.32 Å². The summed E-state index contributed by atoms with van der Waals surface area (Å²) in [7, 11) is 0. The van der Waals surface area contributed by atoms with Crippen LogP contribution in [-0.2, 0) is 9.53 Å². The molecule has 1 N–H and O–H groups in total. The van der Waals surface area contributed by atoms with Crippen LogP contribution in [0.25, 0.3) is 11.4 Å². The number of aromatic nitrogens is 4. The zero-order valence-electron chi connectivity index (χ0n) is 19.3. The lowest BCUT2D eigenvalue weighted by atomic mass is 10.2. The van der Waals surface area contributed by atoms with Gasteiger partial charge >= 0.3 is 5.97 Å². The number of anilines is 1. The molecule has 0 aliphatic carbocycles. The van der Waals surface area contributed by atoms with E-state index in [0.717, 1.165) is 16.9 Å². The normalized spacial score (nSPS) is 10.9. The molecule has 2 heterocycles. The number of halogens is 1. The van der Waals surface area contributed by atoms with Crippen LogP contribution in [0.1, 0.15) is 33.0 Å². The molecule has 0 atom stereocenters. The number of rotatable bonds is 6. The Balaban J connectivity index is 1.45. The number of ether oxygens (including phenoxy) is 1. The van der Waals surface area contributed by atoms with Gasteiger partial charge in [0.15, 0.2) is 6.61 Å². The van der Waals surface area contributed by atoms with Crippen molar-refractivity contribution in [3.63, 3.8) is 0 Å². The van der Waals surface area contributed by atoms with Gasteiger partial charge in [-0.3, -0.25) is 4.79 Å². The van der Waals surface area contributed by atoms with Crippen LogP contribution in [0.4, 0.5) is 5.69 Å². The molecule has 0 fully saturated rings. The highest BCUT2D eigenvalue weighted by Gasteiger charge is 2.23. The van der Waals surface area contributed by atoms with Crippen LogP contribution in [0.2, 0.25) is 5.15 Å². The highest BCUT2D eigenvalue weighted by Crippen LogP contribution is 2.25. The van der Waals surface area contributed by atoms with Gasteiger partial charge in [0.25, 0.3) is 5.91 Å². The van der Waals surface area contributed by atoms with Crippen molar-refractivity contribution < 1.29 is 14.3 Å². The zero-order chi connectivity index (χ0) is 24.4. The average molecular weight is 478 g/mol. The number of para-hydroxylation sites is 1. The lowest BCUT2D eigenvalue weighted by Gasteiger charge is -2.08. The fourth-order valence-electron chi connectivity index (χ4n) is 3.61. The summed E-state index contributed by atoms with van der Waals surface area (Å²) in [5.41, 5.74) is 5.27. The number of esters is 1. The first-order valence-corrected chi connectivity index (χ1v) is 11.0. The minimum atomic E-state index is -0.719. The minimum Gasteiger partial charge on any atom is -0.452 e. The molecule has 2 aromatic carbocycles. The van der Waals surface area contributed by atoms with E-state index >= 15 is 0 Å². The summed E-state index contributed by atoms with van der Waals surface area (Å²) in [5, 5.41) is 11.8. The van der Waals surface area contributed by atoms with Crippen LogP contribution in [0.3, 0.4) is 0 Å². The SMILES string of the molecule is Cc1ccc(-n2nc(C)c(NC(=O)COC(=O)c3c(C)nn(-c4ccccc4)c3Cl)c2C)cc1. The standard InChI is InChI=1S/C25H24ClN5O3/c1-15-10-12-20(13-11-15)30-18(4)23(17(3)29-30)27-21(32)14-34-25(33)22-16(2)28-31(24(22)26)19-8-6-5-7-9-19/h5-13H,14H2,1-4H3,(H,27,32). The van der Waals surface area contributed by atoms with Crippen molar-refractivity contribution in [2.45, 2.75) is 27.7 Å². The number of carbonyl (C=O) groups excluding carboxylic acids is 2. The molecule has 1 amide bonds. The van der Waals surface area contributed by atoms with Gasteiger partial charge in [-0.15, -0.1) is 0 Å². The molecule has 174 valence electrons. The van der Waals surface area contributed by atoms with Gasteiger partial charge in [0.2, 0.25) is 0 Å². The fraction of sp³-hybridized carbons (Fsp3) is 0.200. The first-order chi connectivity index (χ1) is 16.3. The van der Waals surface area contributed by atoms with Gasteiger partial charge in [-0.05, 0) is 52.0 Å².